The van der Waals surface area contributed by atoms with E-state index in [1.54, 1.807) is 0 Å². The lowest BCUT2D eigenvalue weighted by Crippen LogP contribution is -2.23. The Morgan fingerprint density at radius 3 is 2.05 bits per heavy atom. The Bertz CT molecular complexity index is 271. The van der Waals surface area contributed by atoms with Crippen LogP contribution in [0, 0.1) is 0 Å². The third-order valence-corrected chi connectivity index (χ3v) is 2.28. The first-order chi connectivity index (χ1) is 10.7. The summed E-state index contributed by atoms with van der Waals surface area (Å²) in [6, 6.07) is 0. The van der Waals surface area contributed by atoms with Crippen LogP contribution >= 0.6 is 0 Å². The average Bonchev–Trinajstić information content (AvgIpc) is 2.51. The molecule has 7 heteroatoms. The second-order valence-corrected chi connectivity index (χ2v) is 4.12. The fraction of sp³-hybridized carbons (Fsp3) is 0.733. The molecule has 0 saturated carbocycles. The van der Waals surface area contributed by atoms with E-state index < -0.39 is 6.10 Å². The Labute approximate surface area is 132 Å². The van der Waals surface area contributed by atoms with E-state index in [0.29, 0.717) is 46.2 Å². The van der Waals surface area contributed by atoms with Gasteiger partial charge in [-0.3, -0.25) is 0 Å². The van der Waals surface area contributed by atoms with Gasteiger partial charge in [-0.25, -0.2) is 0 Å². The molecule has 0 bridgehead atoms. The van der Waals surface area contributed by atoms with Crippen molar-refractivity contribution in [1.82, 2.24) is 0 Å². The van der Waals surface area contributed by atoms with Crippen LogP contribution in [0.2, 0.25) is 0 Å². The first-order valence-electron chi connectivity index (χ1n) is 7.29. The van der Waals surface area contributed by atoms with E-state index in [0.717, 1.165) is 0 Å². The highest BCUT2D eigenvalue weighted by molar-refractivity contribution is 4.73. The van der Waals surface area contributed by atoms with Crippen molar-refractivity contribution in [3.05, 3.63) is 25.4 Å². The van der Waals surface area contributed by atoms with E-state index in [1.165, 1.54) is 6.26 Å². The van der Waals surface area contributed by atoms with Crippen molar-refractivity contribution in [3.8, 4) is 0 Å². The average molecular weight is 320 g/mol. The van der Waals surface area contributed by atoms with Gasteiger partial charge in [0.15, 0.2) is 0 Å². The van der Waals surface area contributed by atoms with Gasteiger partial charge in [-0.05, 0) is 13.5 Å². The van der Waals surface area contributed by atoms with Crippen LogP contribution in [0.3, 0.4) is 0 Å². The quantitative estimate of drug-likeness (QED) is 0.317. The summed E-state index contributed by atoms with van der Waals surface area (Å²) in [7, 11) is 0. The van der Waals surface area contributed by atoms with Crippen LogP contribution < -0.4 is 0 Å². The van der Waals surface area contributed by atoms with Crippen LogP contribution in [0.5, 0.6) is 0 Å². The maximum Gasteiger partial charge on any atom is 0.276 e. The molecule has 1 N–H and O–H groups in total. The number of hydrogen-bond acceptors (Lipinski definition) is 7. The van der Waals surface area contributed by atoms with Gasteiger partial charge in [-0.15, -0.1) is 0 Å². The zero-order chi connectivity index (χ0) is 16.5. The van der Waals surface area contributed by atoms with E-state index in [2.05, 4.69) is 13.2 Å². The van der Waals surface area contributed by atoms with Gasteiger partial charge in [-0.1, -0.05) is 6.58 Å². The van der Waals surface area contributed by atoms with Crippen LogP contribution in [0.25, 0.3) is 0 Å². The van der Waals surface area contributed by atoms with Crippen LogP contribution in [-0.4, -0.2) is 70.7 Å². The molecule has 0 aromatic rings. The van der Waals surface area contributed by atoms with Gasteiger partial charge in [0.05, 0.1) is 52.5 Å². The summed E-state index contributed by atoms with van der Waals surface area (Å²) in [6.07, 6.45) is 0.440. The number of hydrogen-bond donors (Lipinski definition) is 1. The maximum atomic E-state index is 9.56. The molecular formula is C15H28O7. The second kappa shape index (κ2) is 16.3. The molecule has 0 heterocycles. The molecule has 1 unspecified atom stereocenters. The molecule has 0 aromatic heterocycles. The highest BCUT2D eigenvalue weighted by atomic mass is 16.7. The molecule has 0 radical (unpaired) electrons. The zero-order valence-corrected chi connectivity index (χ0v) is 13.3. The van der Waals surface area contributed by atoms with Gasteiger partial charge in [-0.2, -0.15) is 0 Å². The molecule has 0 rings (SSSR count). The largest absolute Gasteiger partial charge is 0.463 e. The molecular weight excluding hydrogens is 292 g/mol. The molecule has 22 heavy (non-hydrogen) atoms. The van der Waals surface area contributed by atoms with E-state index in [4.69, 9.17) is 28.4 Å². The van der Waals surface area contributed by atoms with Gasteiger partial charge < -0.3 is 33.5 Å². The van der Waals surface area contributed by atoms with Crippen molar-refractivity contribution in [3.63, 3.8) is 0 Å². The minimum atomic E-state index is -0.757. The van der Waals surface area contributed by atoms with Crippen molar-refractivity contribution >= 4 is 0 Å². The number of ether oxygens (including phenoxy) is 6. The lowest BCUT2D eigenvalue weighted by Gasteiger charge is -2.13. The summed E-state index contributed by atoms with van der Waals surface area (Å²) < 4.78 is 30.7. The van der Waals surface area contributed by atoms with E-state index in [9.17, 15) is 5.11 Å². The Kier molecular flexibility index (Phi) is 15.4. The van der Waals surface area contributed by atoms with E-state index in [-0.39, 0.29) is 19.2 Å². The standard InChI is InChI=1S/C15H28O7/c1-4-17-6-7-18-8-9-19-10-11-20-12-15(16)13-22-14(3)21-5-2/h5,15-16H,2-4,6-13H2,1H3. The van der Waals surface area contributed by atoms with Crippen molar-refractivity contribution in [2.24, 2.45) is 0 Å². The Morgan fingerprint density at radius 1 is 0.955 bits per heavy atom. The van der Waals surface area contributed by atoms with Crippen LogP contribution in [-0.2, 0) is 28.4 Å². The molecule has 0 aliphatic rings. The van der Waals surface area contributed by atoms with Gasteiger partial charge in [0, 0.05) is 6.61 Å². The Hall–Kier alpha value is -1.12. The number of rotatable bonds is 17. The molecule has 0 fully saturated rings. The fourth-order valence-corrected chi connectivity index (χ4v) is 1.29. The Morgan fingerprint density at radius 2 is 1.50 bits per heavy atom. The van der Waals surface area contributed by atoms with Gasteiger partial charge >= 0.3 is 0 Å². The second-order valence-electron chi connectivity index (χ2n) is 4.12. The van der Waals surface area contributed by atoms with E-state index in [1.807, 2.05) is 6.92 Å². The van der Waals surface area contributed by atoms with Gasteiger partial charge in [0.1, 0.15) is 12.7 Å². The van der Waals surface area contributed by atoms with Crippen molar-refractivity contribution < 1.29 is 33.5 Å². The predicted molar refractivity (Wildman–Crippen MR) is 81.3 cm³/mol. The number of aliphatic hydroxyl groups is 1. The summed E-state index contributed by atoms with van der Waals surface area (Å²) in [5, 5.41) is 9.56. The van der Waals surface area contributed by atoms with Crippen molar-refractivity contribution in [2.45, 2.75) is 13.0 Å². The first kappa shape index (κ1) is 20.9. The molecule has 0 aromatic carbocycles. The first-order valence-corrected chi connectivity index (χ1v) is 7.29. The summed E-state index contributed by atoms with van der Waals surface area (Å²) in [5.41, 5.74) is 0. The van der Waals surface area contributed by atoms with Crippen molar-refractivity contribution in [1.29, 1.82) is 0 Å². The monoisotopic (exact) mass is 320 g/mol. The minimum Gasteiger partial charge on any atom is -0.463 e. The SMILES string of the molecule is C=COC(=C)OCC(O)COCCOCCOCCOCC. The third-order valence-electron chi connectivity index (χ3n) is 2.28. The highest BCUT2D eigenvalue weighted by Gasteiger charge is 2.06. The van der Waals surface area contributed by atoms with Gasteiger partial charge in [0.2, 0.25) is 0 Å². The summed E-state index contributed by atoms with van der Waals surface area (Å²) in [4.78, 5) is 0. The normalized spacial score (nSPS) is 11.9. The highest BCUT2D eigenvalue weighted by Crippen LogP contribution is 1.98. The maximum absolute atomic E-state index is 9.56. The molecule has 0 saturated heterocycles. The molecule has 0 aliphatic heterocycles. The molecule has 1 atom stereocenters. The Balaban J connectivity index is 3.21. The zero-order valence-electron chi connectivity index (χ0n) is 13.3. The van der Waals surface area contributed by atoms with Crippen LogP contribution in [0.4, 0.5) is 0 Å². The van der Waals surface area contributed by atoms with Gasteiger partial charge in [0.25, 0.3) is 5.95 Å². The molecule has 0 aliphatic carbocycles. The molecule has 130 valence electrons. The molecule has 0 amide bonds. The van der Waals surface area contributed by atoms with Crippen LogP contribution in [0.15, 0.2) is 25.4 Å². The predicted octanol–water partition coefficient (Wildman–Crippen LogP) is 1.08. The topological polar surface area (TPSA) is 75.6 Å². The summed E-state index contributed by atoms with van der Waals surface area (Å²) in [6.45, 7) is 12.7. The van der Waals surface area contributed by atoms with Crippen molar-refractivity contribution in [2.75, 3.05) is 59.5 Å². The summed E-state index contributed by atoms with van der Waals surface area (Å²) >= 11 is 0. The molecule has 0 spiro atoms. The van der Waals surface area contributed by atoms with E-state index >= 15 is 0 Å². The van der Waals surface area contributed by atoms with Crippen LogP contribution in [0.1, 0.15) is 6.92 Å². The molecule has 7 nitrogen and oxygen atoms in total. The third kappa shape index (κ3) is 15.3. The lowest BCUT2D eigenvalue weighted by molar-refractivity contribution is -0.0408. The fourth-order valence-electron chi connectivity index (χ4n) is 1.29. The summed E-state index contributed by atoms with van der Waals surface area (Å²) in [5.74, 6) is 0.0849. The number of aliphatic hydroxyl groups excluding tert-OH is 1. The minimum absolute atomic E-state index is 0.0429. The lowest BCUT2D eigenvalue weighted by atomic mass is 10.4. The smallest absolute Gasteiger partial charge is 0.276 e.